The van der Waals surface area contributed by atoms with E-state index in [1.807, 2.05) is 7.05 Å². The smallest absolute Gasteiger partial charge is 0.0730 e. The summed E-state index contributed by atoms with van der Waals surface area (Å²) in [4.78, 5) is 0. The summed E-state index contributed by atoms with van der Waals surface area (Å²) in [6.45, 7) is 8.89. The van der Waals surface area contributed by atoms with Crippen LogP contribution in [0.15, 0.2) is 0 Å². The van der Waals surface area contributed by atoms with E-state index in [2.05, 4.69) is 36.5 Å². The number of hydrogen-bond acceptors (Lipinski definition) is 3. The fraction of sp³-hybridized carbons (Fsp3) is 1.00. The third-order valence-electron chi connectivity index (χ3n) is 2.42. The van der Waals surface area contributed by atoms with Gasteiger partial charge >= 0.3 is 0 Å². The number of hydrogen-bond donors (Lipinski definition) is 2. The van der Waals surface area contributed by atoms with Gasteiger partial charge in [0.05, 0.1) is 6.17 Å². The lowest BCUT2D eigenvalue weighted by molar-refractivity contribution is 0.109. The van der Waals surface area contributed by atoms with Crippen molar-refractivity contribution in [1.29, 1.82) is 0 Å². The Morgan fingerprint density at radius 2 is 1.86 bits per heavy atom. The van der Waals surface area contributed by atoms with Crippen molar-refractivity contribution in [3.8, 4) is 0 Å². The molecule has 0 rings (SSSR count). The topological polar surface area (TPSA) is 27.3 Å². The summed E-state index contributed by atoms with van der Waals surface area (Å²) in [5.74, 6) is 0. The summed E-state index contributed by atoms with van der Waals surface area (Å²) in [7, 11) is 2.00. The minimum Gasteiger partial charge on any atom is -0.301 e. The predicted octanol–water partition coefficient (Wildman–Crippen LogP) is 1.96. The van der Waals surface area contributed by atoms with Crippen molar-refractivity contribution in [2.24, 2.45) is 0 Å². The standard InChI is InChI=1S/C11H27N3/c1-5-8-9-13-11(7-3)14(12-4)10-6-2/h11-13H,5-10H2,1-4H3. The Morgan fingerprint density at radius 3 is 2.29 bits per heavy atom. The number of unbranched alkanes of at least 4 members (excludes halogenated alkanes) is 1. The van der Waals surface area contributed by atoms with Crippen LogP contribution in [-0.4, -0.2) is 31.3 Å². The second-order valence-electron chi connectivity index (χ2n) is 3.65. The second-order valence-corrected chi connectivity index (χ2v) is 3.65. The molecule has 14 heavy (non-hydrogen) atoms. The molecule has 0 aliphatic rings. The molecule has 0 aliphatic carbocycles. The van der Waals surface area contributed by atoms with Gasteiger partial charge < -0.3 is 5.32 Å². The quantitative estimate of drug-likeness (QED) is 0.339. The Morgan fingerprint density at radius 1 is 1.14 bits per heavy atom. The van der Waals surface area contributed by atoms with Crippen LogP contribution >= 0.6 is 0 Å². The van der Waals surface area contributed by atoms with E-state index in [0.29, 0.717) is 6.17 Å². The molecule has 1 atom stereocenters. The fourth-order valence-electron chi connectivity index (χ4n) is 1.58. The van der Waals surface area contributed by atoms with Crippen molar-refractivity contribution in [2.45, 2.75) is 52.6 Å². The normalized spacial score (nSPS) is 13.5. The van der Waals surface area contributed by atoms with Gasteiger partial charge in [0.1, 0.15) is 0 Å². The molecular weight excluding hydrogens is 174 g/mol. The molecule has 3 heteroatoms. The molecule has 0 amide bonds. The molecule has 0 fully saturated rings. The highest BCUT2D eigenvalue weighted by Crippen LogP contribution is 1.99. The molecule has 0 radical (unpaired) electrons. The van der Waals surface area contributed by atoms with Gasteiger partial charge in [0.15, 0.2) is 0 Å². The molecule has 0 aromatic rings. The molecular formula is C11H27N3. The highest BCUT2D eigenvalue weighted by molar-refractivity contribution is 4.63. The van der Waals surface area contributed by atoms with E-state index in [-0.39, 0.29) is 0 Å². The monoisotopic (exact) mass is 201 g/mol. The van der Waals surface area contributed by atoms with Gasteiger partial charge in [-0.2, -0.15) is 0 Å². The summed E-state index contributed by atoms with van der Waals surface area (Å²) >= 11 is 0. The molecule has 0 saturated heterocycles. The molecule has 1 unspecified atom stereocenters. The molecule has 0 heterocycles. The molecule has 2 N–H and O–H groups in total. The number of nitrogens with zero attached hydrogens (tertiary/aromatic N) is 1. The van der Waals surface area contributed by atoms with Crippen LogP contribution < -0.4 is 10.7 Å². The van der Waals surface area contributed by atoms with E-state index in [9.17, 15) is 0 Å². The van der Waals surface area contributed by atoms with Crippen molar-refractivity contribution < 1.29 is 0 Å². The van der Waals surface area contributed by atoms with Gasteiger partial charge in [0, 0.05) is 6.54 Å². The van der Waals surface area contributed by atoms with Crippen molar-refractivity contribution in [2.75, 3.05) is 20.1 Å². The largest absolute Gasteiger partial charge is 0.301 e. The van der Waals surface area contributed by atoms with Crippen LogP contribution in [-0.2, 0) is 0 Å². The van der Waals surface area contributed by atoms with Crippen LogP contribution in [0.25, 0.3) is 0 Å². The van der Waals surface area contributed by atoms with Gasteiger partial charge in [-0.15, -0.1) is 0 Å². The van der Waals surface area contributed by atoms with Crippen LogP contribution in [0.4, 0.5) is 0 Å². The fourth-order valence-corrected chi connectivity index (χ4v) is 1.58. The third kappa shape index (κ3) is 5.58. The van der Waals surface area contributed by atoms with Gasteiger partial charge in [-0.05, 0) is 32.9 Å². The molecule has 0 spiro atoms. The maximum absolute atomic E-state index is 3.57. The van der Waals surface area contributed by atoms with Gasteiger partial charge in [0.25, 0.3) is 0 Å². The molecule has 3 nitrogen and oxygen atoms in total. The highest BCUT2D eigenvalue weighted by atomic mass is 15.5. The minimum atomic E-state index is 0.478. The second kappa shape index (κ2) is 9.44. The predicted molar refractivity (Wildman–Crippen MR) is 63.0 cm³/mol. The average molecular weight is 201 g/mol. The van der Waals surface area contributed by atoms with Crippen LogP contribution in [0.3, 0.4) is 0 Å². The van der Waals surface area contributed by atoms with E-state index in [4.69, 9.17) is 0 Å². The lowest BCUT2D eigenvalue weighted by Crippen LogP contribution is -2.51. The van der Waals surface area contributed by atoms with Crippen LogP contribution in [0.5, 0.6) is 0 Å². The van der Waals surface area contributed by atoms with Gasteiger partial charge in [-0.25, -0.2) is 5.01 Å². The Labute approximate surface area is 89.2 Å². The zero-order valence-electron chi connectivity index (χ0n) is 10.3. The Kier molecular flexibility index (Phi) is 9.35. The van der Waals surface area contributed by atoms with Gasteiger partial charge in [-0.1, -0.05) is 27.2 Å². The Bertz CT molecular complexity index is 117. The molecule has 0 saturated carbocycles. The van der Waals surface area contributed by atoms with Crippen molar-refractivity contribution in [1.82, 2.24) is 15.8 Å². The first-order valence-electron chi connectivity index (χ1n) is 5.97. The molecule has 0 aromatic carbocycles. The Hall–Kier alpha value is -0.120. The third-order valence-corrected chi connectivity index (χ3v) is 2.42. The first-order chi connectivity index (χ1) is 6.79. The number of rotatable bonds is 9. The molecule has 0 aromatic heterocycles. The first-order valence-corrected chi connectivity index (χ1v) is 5.97. The summed E-state index contributed by atoms with van der Waals surface area (Å²) in [5.41, 5.74) is 3.25. The number of nitrogens with one attached hydrogen (secondary N) is 2. The van der Waals surface area contributed by atoms with Gasteiger partial charge in [0.2, 0.25) is 0 Å². The summed E-state index contributed by atoms with van der Waals surface area (Å²) in [5, 5.41) is 5.86. The van der Waals surface area contributed by atoms with E-state index in [1.165, 1.54) is 19.3 Å². The first kappa shape index (κ1) is 13.9. The number of hydrazine groups is 1. The van der Waals surface area contributed by atoms with E-state index in [1.54, 1.807) is 0 Å². The van der Waals surface area contributed by atoms with Crippen LogP contribution in [0, 0.1) is 0 Å². The van der Waals surface area contributed by atoms with E-state index < -0.39 is 0 Å². The molecule has 0 bridgehead atoms. The zero-order valence-corrected chi connectivity index (χ0v) is 10.3. The zero-order chi connectivity index (χ0) is 10.8. The average Bonchev–Trinajstić information content (AvgIpc) is 2.22. The van der Waals surface area contributed by atoms with Gasteiger partial charge in [-0.3, -0.25) is 5.43 Å². The summed E-state index contributed by atoms with van der Waals surface area (Å²) in [6, 6.07) is 0. The summed E-state index contributed by atoms with van der Waals surface area (Å²) in [6.07, 6.45) is 5.33. The lowest BCUT2D eigenvalue weighted by Gasteiger charge is -2.30. The van der Waals surface area contributed by atoms with Crippen LogP contribution in [0.2, 0.25) is 0 Å². The van der Waals surface area contributed by atoms with Crippen molar-refractivity contribution >= 4 is 0 Å². The maximum Gasteiger partial charge on any atom is 0.0730 e. The molecule has 0 aliphatic heterocycles. The SMILES string of the molecule is CCCCNC(CC)N(CCC)NC. The highest BCUT2D eigenvalue weighted by Gasteiger charge is 2.12. The lowest BCUT2D eigenvalue weighted by atomic mass is 10.3. The van der Waals surface area contributed by atoms with Crippen LogP contribution in [0.1, 0.15) is 46.5 Å². The molecule has 86 valence electrons. The Balaban J connectivity index is 3.81. The maximum atomic E-state index is 3.57. The minimum absolute atomic E-state index is 0.478. The van der Waals surface area contributed by atoms with E-state index >= 15 is 0 Å². The van der Waals surface area contributed by atoms with Crippen molar-refractivity contribution in [3.63, 3.8) is 0 Å². The summed E-state index contributed by atoms with van der Waals surface area (Å²) < 4.78 is 0. The van der Waals surface area contributed by atoms with Crippen molar-refractivity contribution in [3.05, 3.63) is 0 Å². The van der Waals surface area contributed by atoms with E-state index in [0.717, 1.165) is 19.5 Å².